The Morgan fingerprint density at radius 1 is 0.611 bits per heavy atom. The summed E-state index contributed by atoms with van der Waals surface area (Å²) in [5.41, 5.74) is 0. The van der Waals surface area contributed by atoms with Gasteiger partial charge >= 0.3 is 5.97 Å². The first-order valence-electron chi connectivity index (χ1n) is 22.4. The van der Waals surface area contributed by atoms with Crippen molar-refractivity contribution in [3.05, 3.63) is 0 Å². The lowest BCUT2D eigenvalue weighted by molar-refractivity contribution is -0.311. The minimum absolute atomic E-state index is 0.226. The summed E-state index contributed by atoms with van der Waals surface area (Å²) in [6.07, 6.45) is 20.0. The molecule has 0 amide bonds. The van der Waals surface area contributed by atoms with Crippen molar-refractivity contribution in [2.45, 2.75) is 250 Å². The third-order valence-corrected chi connectivity index (χ3v) is 11.2. The first-order chi connectivity index (χ1) is 26.0. The van der Waals surface area contributed by atoms with E-state index >= 15 is 0 Å². The van der Waals surface area contributed by atoms with Crippen LogP contribution in [0.25, 0.3) is 0 Å². The second-order valence-corrected chi connectivity index (χ2v) is 16.2. The quantitative estimate of drug-likeness (QED) is 0.0307. The summed E-state index contributed by atoms with van der Waals surface area (Å²) in [6.45, 7) is 5.74. The summed E-state index contributed by atoms with van der Waals surface area (Å²) in [5.74, 6) is -6.97. The van der Waals surface area contributed by atoms with E-state index in [1.165, 1.54) is 70.6 Å². The average Bonchev–Trinajstić information content (AvgIpc) is 3.14. The molecule has 0 aromatic heterocycles. The van der Waals surface area contributed by atoms with Gasteiger partial charge < -0.3 is 35.0 Å². The van der Waals surface area contributed by atoms with Crippen LogP contribution in [0.1, 0.15) is 213 Å². The zero-order valence-electron chi connectivity index (χ0n) is 34.7. The van der Waals surface area contributed by atoms with Gasteiger partial charge in [-0.05, 0) is 25.7 Å². The summed E-state index contributed by atoms with van der Waals surface area (Å²) in [7, 11) is 0. The average molecular weight is 771 g/mol. The van der Waals surface area contributed by atoms with E-state index in [9.17, 15) is 39.9 Å². The Balaban J connectivity index is 2.93. The van der Waals surface area contributed by atoms with Crippen molar-refractivity contribution >= 4 is 17.5 Å². The molecule has 1 aliphatic heterocycles. The van der Waals surface area contributed by atoms with Gasteiger partial charge in [0.25, 0.3) is 0 Å². The number of Topliss-reactive ketones (excluding diaryl/α,β-unsaturated/α-hetero) is 2. The van der Waals surface area contributed by atoms with E-state index in [1.807, 2.05) is 0 Å². The first-order valence-corrected chi connectivity index (χ1v) is 22.4. The Morgan fingerprint density at radius 3 is 1.50 bits per heavy atom. The van der Waals surface area contributed by atoms with Crippen LogP contribution < -0.4 is 0 Å². The van der Waals surface area contributed by atoms with Crippen LogP contribution >= 0.6 is 0 Å². The number of esters is 1. The third-order valence-electron chi connectivity index (χ3n) is 11.2. The molecule has 1 fully saturated rings. The normalized spacial score (nSPS) is 22.6. The maximum Gasteiger partial charge on any atom is 0.306 e. The van der Waals surface area contributed by atoms with E-state index < -0.39 is 72.8 Å². The highest BCUT2D eigenvalue weighted by atomic mass is 16.7. The first kappa shape index (κ1) is 50.6. The highest BCUT2D eigenvalue weighted by molar-refractivity contribution is 5.94. The Labute approximate surface area is 328 Å². The van der Waals surface area contributed by atoms with Crippen LogP contribution in [0.4, 0.5) is 0 Å². The van der Waals surface area contributed by atoms with Gasteiger partial charge in [-0.3, -0.25) is 14.4 Å². The molecule has 7 atom stereocenters. The Hall–Kier alpha value is -1.43. The molecule has 5 N–H and O–H groups in total. The fourth-order valence-electron chi connectivity index (χ4n) is 7.68. The van der Waals surface area contributed by atoms with E-state index in [4.69, 9.17) is 9.47 Å². The minimum atomic E-state index is -2.88. The van der Waals surface area contributed by atoms with Crippen LogP contribution in [0, 0.1) is 5.92 Å². The van der Waals surface area contributed by atoms with Crippen molar-refractivity contribution in [1.82, 2.24) is 0 Å². The van der Waals surface area contributed by atoms with Crippen molar-refractivity contribution in [3.8, 4) is 0 Å². The second kappa shape index (κ2) is 31.6. The summed E-state index contributed by atoms with van der Waals surface area (Å²) < 4.78 is 11.4. The number of rotatable bonds is 36. The molecule has 0 saturated carbocycles. The molecule has 1 aliphatic rings. The smallest absolute Gasteiger partial charge is 0.306 e. The Bertz CT molecular complexity index is 960. The summed E-state index contributed by atoms with van der Waals surface area (Å²) in [6, 6.07) is 0. The number of aliphatic hydroxyl groups excluding tert-OH is 4. The maximum absolute atomic E-state index is 14.0. The Morgan fingerprint density at radius 2 is 1.04 bits per heavy atom. The third kappa shape index (κ3) is 21.2. The molecule has 0 aromatic carbocycles. The second-order valence-electron chi connectivity index (χ2n) is 16.2. The van der Waals surface area contributed by atoms with Gasteiger partial charge in [0.1, 0.15) is 30.0 Å². The summed E-state index contributed by atoms with van der Waals surface area (Å²) in [4.78, 5) is 40.6. The molecule has 0 aliphatic carbocycles. The zero-order valence-corrected chi connectivity index (χ0v) is 34.7. The highest BCUT2D eigenvalue weighted by Crippen LogP contribution is 2.37. The van der Waals surface area contributed by atoms with Crippen LogP contribution in [0.5, 0.6) is 0 Å². The number of carbonyl (C=O) groups is 3. The molecule has 0 aromatic rings. The number of unbranched alkanes of at least 4 members (excludes halogenated alkanes) is 22. The molecule has 1 heterocycles. The van der Waals surface area contributed by atoms with Crippen LogP contribution in [0.2, 0.25) is 0 Å². The fourth-order valence-corrected chi connectivity index (χ4v) is 7.68. The molecule has 10 heteroatoms. The zero-order chi connectivity index (χ0) is 40.0. The number of hydrogen-bond acceptors (Lipinski definition) is 10. The van der Waals surface area contributed by atoms with Gasteiger partial charge in [-0.15, -0.1) is 0 Å². The van der Waals surface area contributed by atoms with E-state index in [0.29, 0.717) is 32.1 Å². The SMILES string of the molecule is CCCCCCCCCCCC(=O)O[C@H](CCCCCCCCCCC)CC(=O)[C@@H]1[C@@H](O)[C@H](O)[C@@H](CO)O[C@@]1(O)C(=O)C[C@H](O)CCCCCCCCC. The number of hydrogen-bond donors (Lipinski definition) is 5. The van der Waals surface area contributed by atoms with Gasteiger partial charge in [-0.25, -0.2) is 0 Å². The van der Waals surface area contributed by atoms with E-state index in [-0.39, 0.29) is 12.8 Å². The number of ketones is 2. The molecule has 0 unspecified atom stereocenters. The Kier molecular flexibility index (Phi) is 29.6. The largest absolute Gasteiger partial charge is 0.462 e. The van der Waals surface area contributed by atoms with Crippen molar-refractivity contribution < 1.29 is 49.4 Å². The van der Waals surface area contributed by atoms with Crippen molar-refractivity contribution in [2.24, 2.45) is 5.92 Å². The lowest BCUT2D eigenvalue weighted by atomic mass is 9.76. The van der Waals surface area contributed by atoms with Crippen LogP contribution in [-0.4, -0.2) is 86.0 Å². The van der Waals surface area contributed by atoms with Crippen LogP contribution in [0.3, 0.4) is 0 Å². The highest BCUT2D eigenvalue weighted by Gasteiger charge is 2.60. The minimum Gasteiger partial charge on any atom is -0.462 e. The van der Waals surface area contributed by atoms with Crippen molar-refractivity contribution in [2.75, 3.05) is 6.61 Å². The fraction of sp³-hybridized carbons (Fsp3) is 0.932. The molecule has 0 radical (unpaired) electrons. The topological polar surface area (TPSA) is 171 Å². The molecule has 54 heavy (non-hydrogen) atoms. The van der Waals surface area contributed by atoms with Crippen molar-refractivity contribution in [3.63, 3.8) is 0 Å². The molecule has 1 saturated heterocycles. The van der Waals surface area contributed by atoms with E-state index in [0.717, 1.165) is 70.6 Å². The van der Waals surface area contributed by atoms with Crippen molar-refractivity contribution in [1.29, 1.82) is 0 Å². The maximum atomic E-state index is 14.0. The van der Waals surface area contributed by atoms with Gasteiger partial charge in [0.05, 0.1) is 18.8 Å². The molecule has 318 valence electrons. The summed E-state index contributed by atoms with van der Waals surface area (Å²) in [5, 5.41) is 54.1. The van der Waals surface area contributed by atoms with Gasteiger partial charge in [0.2, 0.25) is 5.79 Å². The monoisotopic (exact) mass is 771 g/mol. The lowest BCUT2D eigenvalue weighted by Crippen LogP contribution is -2.67. The lowest BCUT2D eigenvalue weighted by Gasteiger charge is -2.46. The van der Waals surface area contributed by atoms with Gasteiger partial charge in [0, 0.05) is 19.3 Å². The standard InChI is InChI=1S/C44H82O10/c1-4-7-10-13-16-18-21-24-27-30-36(53-40(49)31-28-25-22-19-17-14-11-8-5-2)33-37(47)41-43(51)42(50)38(34-45)54-44(41,52)39(48)32-35(46)29-26-23-20-15-12-9-6-3/h35-36,38,41-43,45-46,50-52H,4-34H2,1-3H3/t35-,36-,38-,41-,42-,43-,44+/m1/s1. The van der Waals surface area contributed by atoms with Gasteiger partial charge in [-0.2, -0.15) is 0 Å². The van der Waals surface area contributed by atoms with Gasteiger partial charge in [0.15, 0.2) is 5.78 Å². The summed E-state index contributed by atoms with van der Waals surface area (Å²) >= 11 is 0. The van der Waals surface area contributed by atoms with Gasteiger partial charge in [-0.1, -0.05) is 168 Å². The number of ether oxygens (including phenoxy) is 2. The number of aliphatic hydroxyl groups is 5. The van der Waals surface area contributed by atoms with Crippen LogP contribution in [0.15, 0.2) is 0 Å². The molecule has 1 rings (SSSR count). The molecule has 0 bridgehead atoms. The van der Waals surface area contributed by atoms with E-state index in [1.54, 1.807) is 0 Å². The predicted molar refractivity (Wildman–Crippen MR) is 214 cm³/mol. The van der Waals surface area contributed by atoms with E-state index in [2.05, 4.69) is 20.8 Å². The molecular weight excluding hydrogens is 688 g/mol. The molecular formula is C44H82O10. The molecule has 0 spiro atoms. The predicted octanol–water partition coefficient (Wildman–Crippen LogP) is 8.58. The van der Waals surface area contributed by atoms with Crippen LogP contribution in [-0.2, 0) is 23.9 Å². The molecule has 10 nitrogen and oxygen atoms in total. The number of carbonyl (C=O) groups excluding carboxylic acids is 3.